The lowest BCUT2D eigenvalue weighted by Crippen LogP contribution is -2.60. The van der Waals surface area contributed by atoms with E-state index in [1.54, 1.807) is 0 Å². The van der Waals surface area contributed by atoms with Crippen molar-refractivity contribution in [1.29, 1.82) is 0 Å². The van der Waals surface area contributed by atoms with Crippen molar-refractivity contribution < 1.29 is 37.9 Å². The van der Waals surface area contributed by atoms with Crippen LogP contribution >= 0.6 is 0 Å². The van der Waals surface area contributed by atoms with Crippen LogP contribution in [-0.2, 0) is 19.7 Å². The minimum Gasteiger partial charge on any atom is -0.481 e. The van der Waals surface area contributed by atoms with Crippen LogP contribution < -0.4 is 5.32 Å². The maximum absolute atomic E-state index is 12.2. The Bertz CT molecular complexity index is 987. The zero-order chi connectivity index (χ0) is 27.3. The molecule has 0 aromatic heterocycles. The highest BCUT2D eigenvalue weighted by molar-refractivity contribution is 7.85. The van der Waals surface area contributed by atoms with E-state index in [2.05, 4.69) is 26.1 Å². The van der Waals surface area contributed by atoms with Gasteiger partial charge in [0.05, 0.1) is 23.9 Å². The highest BCUT2D eigenvalue weighted by Gasteiger charge is 2.64. The highest BCUT2D eigenvalue weighted by Crippen LogP contribution is 2.68. The standard InChI is InChI=1S/C27H45NO8S/c1-15(4-7-23(31)28-10-11-37(34,35)36)18-5-6-19-24-20(8-9-26(18,19)2)27(3)14-17(25(32)33)21(29)12-16(27)13-22(24)30/h15-22,24,29-30H,4-14H2,1-3H3,(H,28,31)(H,32,33)(H,34,35,36)/t15-,16?,17?,18-,19+,20+,21+,22-,24+,26-,27+/m1/s1. The molecule has 0 aromatic carbocycles. The van der Waals surface area contributed by atoms with Crippen LogP contribution in [0.1, 0.15) is 78.6 Å². The number of aliphatic carboxylic acids is 1. The number of aliphatic hydroxyl groups is 2. The van der Waals surface area contributed by atoms with Gasteiger partial charge in [-0.3, -0.25) is 14.1 Å². The number of nitrogens with one attached hydrogen (secondary N) is 1. The van der Waals surface area contributed by atoms with Gasteiger partial charge in [-0.15, -0.1) is 0 Å². The van der Waals surface area contributed by atoms with Crippen molar-refractivity contribution in [2.24, 2.45) is 52.3 Å². The Labute approximate surface area is 220 Å². The number of carboxylic acids is 1. The van der Waals surface area contributed by atoms with Crippen molar-refractivity contribution in [2.75, 3.05) is 12.3 Å². The number of hydrogen-bond acceptors (Lipinski definition) is 6. The molecular weight excluding hydrogens is 498 g/mol. The lowest BCUT2D eigenvalue weighted by atomic mass is 9.43. The normalized spacial score (nSPS) is 44.3. The first kappa shape index (κ1) is 28.8. The second kappa shape index (κ2) is 10.4. The minimum atomic E-state index is -4.10. The highest BCUT2D eigenvalue weighted by atomic mass is 32.2. The Morgan fingerprint density at radius 3 is 2.32 bits per heavy atom. The van der Waals surface area contributed by atoms with Crippen LogP contribution in [0.5, 0.6) is 0 Å². The van der Waals surface area contributed by atoms with E-state index < -0.39 is 40.0 Å². The fourth-order valence-electron chi connectivity index (χ4n) is 9.47. The average Bonchev–Trinajstić information content (AvgIpc) is 3.14. The predicted molar refractivity (Wildman–Crippen MR) is 137 cm³/mol. The van der Waals surface area contributed by atoms with E-state index in [1.165, 1.54) is 0 Å². The molecule has 4 rings (SSSR count). The Hall–Kier alpha value is -1.23. The molecule has 4 fully saturated rings. The van der Waals surface area contributed by atoms with Gasteiger partial charge in [0.15, 0.2) is 0 Å². The minimum absolute atomic E-state index is 0.0482. The average molecular weight is 544 g/mol. The summed E-state index contributed by atoms with van der Waals surface area (Å²) in [6, 6.07) is 0. The van der Waals surface area contributed by atoms with E-state index in [4.69, 9.17) is 4.55 Å². The van der Waals surface area contributed by atoms with E-state index in [0.29, 0.717) is 49.9 Å². The van der Waals surface area contributed by atoms with E-state index in [9.17, 15) is 33.3 Å². The lowest BCUT2D eigenvalue weighted by Gasteiger charge is -2.63. The Kier molecular flexibility index (Phi) is 8.08. The van der Waals surface area contributed by atoms with Crippen LogP contribution in [0.15, 0.2) is 0 Å². The number of carbonyl (C=O) groups excluding carboxylic acids is 1. The van der Waals surface area contributed by atoms with Crippen LogP contribution in [0.25, 0.3) is 0 Å². The smallest absolute Gasteiger partial charge is 0.309 e. The molecule has 0 spiro atoms. The first-order valence-electron chi connectivity index (χ1n) is 14.0. The third kappa shape index (κ3) is 5.45. The van der Waals surface area contributed by atoms with E-state index in [1.807, 2.05) is 0 Å². The van der Waals surface area contributed by atoms with Gasteiger partial charge < -0.3 is 20.6 Å². The molecule has 11 atom stereocenters. The summed E-state index contributed by atoms with van der Waals surface area (Å²) in [5, 5.41) is 34.2. The molecule has 9 nitrogen and oxygen atoms in total. The molecule has 5 N–H and O–H groups in total. The molecule has 4 saturated carbocycles. The third-order valence-corrected chi connectivity index (χ3v) is 12.0. The molecule has 1 amide bonds. The van der Waals surface area contributed by atoms with Crippen LogP contribution in [0, 0.1) is 52.3 Å². The molecule has 2 unspecified atom stereocenters. The molecule has 0 radical (unpaired) electrons. The van der Waals surface area contributed by atoms with E-state index in [-0.39, 0.29) is 41.0 Å². The van der Waals surface area contributed by atoms with Crippen molar-refractivity contribution in [2.45, 2.75) is 90.8 Å². The summed E-state index contributed by atoms with van der Waals surface area (Å²) in [7, 11) is -4.10. The molecule has 0 bridgehead atoms. The first-order chi connectivity index (χ1) is 17.2. The molecule has 10 heteroatoms. The molecule has 0 saturated heterocycles. The largest absolute Gasteiger partial charge is 0.481 e. The van der Waals surface area contributed by atoms with Gasteiger partial charge >= 0.3 is 5.97 Å². The number of aliphatic hydroxyl groups excluding tert-OH is 2. The number of carboxylic acid groups (broad SMARTS) is 1. The van der Waals surface area contributed by atoms with Crippen molar-refractivity contribution >= 4 is 22.0 Å². The summed E-state index contributed by atoms with van der Waals surface area (Å²) in [6.45, 7) is 6.64. The van der Waals surface area contributed by atoms with Gasteiger partial charge in [0.25, 0.3) is 10.1 Å². The third-order valence-electron chi connectivity index (χ3n) is 11.3. The molecule has 37 heavy (non-hydrogen) atoms. The second-order valence-electron chi connectivity index (χ2n) is 13.1. The van der Waals surface area contributed by atoms with Crippen molar-refractivity contribution in [3.05, 3.63) is 0 Å². The maximum atomic E-state index is 12.2. The van der Waals surface area contributed by atoms with Crippen LogP contribution in [0.2, 0.25) is 0 Å². The van der Waals surface area contributed by atoms with Gasteiger partial charge in [0.2, 0.25) is 5.91 Å². The quantitative estimate of drug-likeness (QED) is 0.292. The van der Waals surface area contributed by atoms with Gasteiger partial charge in [-0.2, -0.15) is 8.42 Å². The van der Waals surface area contributed by atoms with Gasteiger partial charge in [0.1, 0.15) is 0 Å². The zero-order valence-electron chi connectivity index (χ0n) is 22.3. The number of amides is 1. The fourth-order valence-corrected chi connectivity index (χ4v) is 9.83. The molecule has 212 valence electrons. The number of carbonyl (C=O) groups is 2. The monoisotopic (exact) mass is 543 g/mol. The zero-order valence-corrected chi connectivity index (χ0v) is 23.1. The molecule has 4 aliphatic carbocycles. The van der Waals surface area contributed by atoms with Crippen LogP contribution in [0.4, 0.5) is 0 Å². The Morgan fingerprint density at radius 1 is 1.03 bits per heavy atom. The van der Waals surface area contributed by atoms with Crippen molar-refractivity contribution in [1.82, 2.24) is 5.32 Å². The summed E-state index contributed by atoms with van der Waals surface area (Å²) < 4.78 is 30.5. The van der Waals surface area contributed by atoms with Crippen LogP contribution in [0.3, 0.4) is 0 Å². The van der Waals surface area contributed by atoms with Crippen molar-refractivity contribution in [3.8, 4) is 0 Å². The van der Waals surface area contributed by atoms with Gasteiger partial charge in [-0.25, -0.2) is 0 Å². The number of rotatable bonds is 8. The second-order valence-corrected chi connectivity index (χ2v) is 14.7. The summed E-state index contributed by atoms with van der Waals surface area (Å²) in [4.78, 5) is 24.1. The Balaban J connectivity index is 1.43. The van der Waals surface area contributed by atoms with E-state index in [0.717, 1.165) is 25.7 Å². The number of fused-ring (bicyclic) bond motifs is 5. The topological polar surface area (TPSA) is 161 Å². The SMILES string of the molecule is C[C@H](CCC(=O)NCCS(=O)(=O)O)[C@H]1CC[C@H]2[C@@H]3[C@H](O)CC4C[C@H](O)C(C(=O)O)C[C@]4(C)[C@H]3CC[C@]12C. The maximum Gasteiger partial charge on any atom is 0.309 e. The summed E-state index contributed by atoms with van der Waals surface area (Å²) in [5.74, 6) is -0.800. The molecule has 0 aromatic rings. The van der Waals surface area contributed by atoms with E-state index >= 15 is 0 Å². The van der Waals surface area contributed by atoms with Gasteiger partial charge in [0, 0.05) is 13.0 Å². The van der Waals surface area contributed by atoms with Gasteiger partial charge in [-0.1, -0.05) is 20.8 Å². The van der Waals surface area contributed by atoms with Crippen LogP contribution in [-0.4, -0.2) is 64.7 Å². The predicted octanol–water partition coefficient (Wildman–Crippen LogP) is 2.71. The van der Waals surface area contributed by atoms with Crippen molar-refractivity contribution in [3.63, 3.8) is 0 Å². The molecule has 0 aliphatic heterocycles. The molecular formula is C27H45NO8S. The Morgan fingerprint density at radius 2 is 1.68 bits per heavy atom. The summed E-state index contributed by atoms with van der Waals surface area (Å²) in [5.41, 5.74) is -0.149. The van der Waals surface area contributed by atoms with Gasteiger partial charge in [-0.05, 0) is 97.7 Å². The fraction of sp³-hybridized carbons (Fsp3) is 0.926. The number of hydrogen-bond donors (Lipinski definition) is 5. The lowest BCUT2D eigenvalue weighted by molar-refractivity contribution is -0.191. The summed E-state index contributed by atoms with van der Waals surface area (Å²) in [6.07, 6.45) is 5.27. The first-order valence-corrected chi connectivity index (χ1v) is 15.6. The molecule has 0 heterocycles. The summed E-state index contributed by atoms with van der Waals surface area (Å²) >= 11 is 0. The molecule has 4 aliphatic rings.